The third kappa shape index (κ3) is 3.44. The summed E-state index contributed by atoms with van der Waals surface area (Å²) >= 11 is 0. The van der Waals surface area contributed by atoms with E-state index in [1.807, 2.05) is 4.90 Å². The molecule has 2 N–H and O–H groups in total. The summed E-state index contributed by atoms with van der Waals surface area (Å²) in [5, 5.41) is 2.71. The van der Waals surface area contributed by atoms with Gasteiger partial charge < -0.3 is 15.1 Å². The summed E-state index contributed by atoms with van der Waals surface area (Å²) in [4.78, 5) is 36.8. The quantitative estimate of drug-likeness (QED) is 0.855. The molecule has 2 aromatic rings. The van der Waals surface area contributed by atoms with E-state index in [0.29, 0.717) is 17.1 Å². The first-order valence-corrected chi connectivity index (χ1v) is 9.22. The molecular formula is C19H22FN5O2. The van der Waals surface area contributed by atoms with Gasteiger partial charge in [0, 0.05) is 38.5 Å². The van der Waals surface area contributed by atoms with Crippen molar-refractivity contribution in [2.24, 2.45) is 0 Å². The standard InChI is InChI=1S/C19H22FN5O2/c1-2-24-6-8-25(9-7-24)19-22-17-16(18(27)23-19)14(11-15(26)21-17)12-4-3-5-13(20)10-12/h3-5,10,14H,2,6-9,11H2,1H3,(H2,21,22,23,26,27)/t14-/m0/s1. The van der Waals surface area contributed by atoms with Gasteiger partial charge in [0.05, 0.1) is 5.56 Å². The minimum absolute atomic E-state index is 0.0930. The Morgan fingerprint density at radius 3 is 2.70 bits per heavy atom. The zero-order chi connectivity index (χ0) is 19.0. The maximum atomic E-state index is 13.7. The first kappa shape index (κ1) is 17.7. The van der Waals surface area contributed by atoms with Crippen LogP contribution in [0.4, 0.5) is 16.2 Å². The van der Waals surface area contributed by atoms with E-state index in [4.69, 9.17) is 0 Å². The van der Waals surface area contributed by atoms with Crippen LogP contribution in [0, 0.1) is 5.82 Å². The number of likely N-dealkylation sites (N-methyl/N-ethyl adjacent to an activating group) is 1. The number of benzene rings is 1. The zero-order valence-corrected chi connectivity index (χ0v) is 15.2. The molecule has 4 rings (SSSR count). The summed E-state index contributed by atoms with van der Waals surface area (Å²) in [5.74, 6) is -0.384. The van der Waals surface area contributed by atoms with Gasteiger partial charge in [-0.2, -0.15) is 4.98 Å². The lowest BCUT2D eigenvalue weighted by Crippen LogP contribution is -2.47. The van der Waals surface area contributed by atoms with Gasteiger partial charge in [-0.05, 0) is 24.2 Å². The number of fused-ring (bicyclic) bond motifs is 1. The Bertz CT molecular complexity index is 921. The number of carbonyl (C=O) groups is 1. The van der Waals surface area contributed by atoms with Crippen molar-refractivity contribution in [1.29, 1.82) is 0 Å². The molecule has 1 atom stereocenters. The largest absolute Gasteiger partial charge is 0.340 e. The summed E-state index contributed by atoms with van der Waals surface area (Å²) in [7, 11) is 0. The number of rotatable bonds is 3. The number of halogens is 1. The van der Waals surface area contributed by atoms with Gasteiger partial charge in [-0.3, -0.25) is 14.6 Å². The Morgan fingerprint density at radius 2 is 2.00 bits per heavy atom. The normalized spacial score (nSPS) is 20.3. The zero-order valence-electron chi connectivity index (χ0n) is 15.2. The van der Waals surface area contributed by atoms with E-state index in [1.54, 1.807) is 12.1 Å². The summed E-state index contributed by atoms with van der Waals surface area (Å²) in [6.45, 7) is 6.43. The molecule has 0 aliphatic carbocycles. The second-order valence-corrected chi connectivity index (χ2v) is 6.93. The fraction of sp³-hybridized carbons (Fsp3) is 0.421. The van der Waals surface area contributed by atoms with Crippen LogP contribution in [0.2, 0.25) is 0 Å². The molecule has 27 heavy (non-hydrogen) atoms. The van der Waals surface area contributed by atoms with Crippen LogP contribution in [-0.4, -0.2) is 53.5 Å². The molecule has 1 aromatic heterocycles. The lowest BCUT2D eigenvalue weighted by molar-refractivity contribution is -0.116. The number of aromatic amines is 1. The minimum atomic E-state index is -0.508. The lowest BCUT2D eigenvalue weighted by Gasteiger charge is -2.35. The van der Waals surface area contributed by atoms with Crippen molar-refractivity contribution in [3.8, 4) is 0 Å². The Hall–Kier alpha value is -2.74. The molecule has 0 bridgehead atoms. The van der Waals surface area contributed by atoms with Gasteiger partial charge >= 0.3 is 0 Å². The highest BCUT2D eigenvalue weighted by Crippen LogP contribution is 2.34. The molecule has 2 aliphatic rings. The number of aromatic nitrogens is 2. The molecule has 0 unspecified atom stereocenters. The lowest BCUT2D eigenvalue weighted by atomic mass is 9.87. The number of H-pyrrole nitrogens is 1. The molecular weight excluding hydrogens is 349 g/mol. The van der Waals surface area contributed by atoms with Gasteiger partial charge in [-0.15, -0.1) is 0 Å². The van der Waals surface area contributed by atoms with Crippen LogP contribution in [0.1, 0.15) is 30.4 Å². The van der Waals surface area contributed by atoms with Gasteiger partial charge in [-0.1, -0.05) is 19.1 Å². The predicted molar refractivity (Wildman–Crippen MR) is 101 cm³/mol. The van der Waals surface area contributed by atoms with E-state index < -0.39 is 11.7 Å². The molecule has 0 saturated carbocycles. The highest BCUT2D eigenvalue weighted by molar-refractivity contribution is 5.94. The maximum absolute atomic E-state index is 13.7. The fourth-order valence-corrected chi connectivity index (χ4v) is 3.79. The number of nitrogens with zero attached hydrogens (tertiary/aromatic N) is 3. The fourth-order valence-electron chi connectivity index (χ4n) is 3.79. The first-order valence-electron chi connectivity index (χ1n) is 9.22. The second kappa shape index (κ2) is 7.11. The van der Waals surface area contributed by atoms with Gasteiger partial charge in [0.1, 0.15) is 11.6 Å². The Balaban J connectivity index is 1.70. The van der Waals surface area contributed by atoms with Crippen molar-refractivity contribution in [2.45, 2.75) is 19.3 Å². The summed E-state index contributed by atoms with van der Waals surface area (Å²) in [5.41, 5.74) is 0.695. The summed E-state index contributed by atoms with van der Waals surface area (Å²) < 4.78 is 13.7. The van der Waals surface area contributed by atoms with Crippen LogP contribution in [-0.2, 0) is 4.79 Å². The van der Waals surface area contributed by atoms with Gasteiger partial charge in [-0.25, -0.2) is 4.39 Å². The van der Waals surface area contributed by atoms with Crippen LogP contribution in [0.25, 0.3) is 0 Å². The molecule has 1 aromatic carbocycles. The van der Waals surface area contributed by atoms with Crippen molar-refractivity contribution in [2.75, 3.05) is 42.9 Å². The smallest absolute Gasteiger partial charge is 0.258 e. The van der Waals surface area contributed by atoms with Crippen LogP contribution in [0.5, 0.6) is 0 Å². The average Bonchev–Trinajstić information content (AvgIpc) is 2.67. The van der Waals surface area contributed by atoms with Crippen molar-refractivity contribution in [1.82, 2.24) is 14.9 Å². The van der Waals surface area contributed by atoms with Crippen LogP contribution in [0.3, 0.4) is 0 Å². The average molecular weight is 371 g/mol. The highest BCUT2D eigenvalue weighted by atomic mass is 19.1. The number of hydrogen-bond donors (Lipinski definition) is 2. The Morgan fingerprint density at radius 1 is 1.22 bits per heavy atom. The molecule has 3 heterocycles. The Kier molecular flexibility index (Phi) is 4.65. The number of anilines is 2. The van der Waals surface area contributed by atoms with Gasteiger partial charge in [0.25, 0.3) is 5.56 Å². The van der Waals surface area contributed by atoms with Crippen molar-refractivity contribution < 1.29 is 9.18 Å². The number of piperazine rings is 1. The molecule has 142 valence electrons. The molecule has 8 heteroatoms. The van der Waals surface area contributed by atoms with Crippen molar-refractivity contribution >= 4 is 17.7 Å². The van der Waals surface area contributed by atoms with Crippen LogP contribution < -0.4 is 15.8 Å². The number of carbonyl (C=O) groups excluding carboxylic acids is 1. The van der Waals surface area contributed by atoms with Crippen molar-refractivity contribution in [3.63, 3.8) is 0 Å². The Labute approximate surface area is 156 Å². The molecule has 0 spiro atoms. The topological polar surface area (TPSA) is 81.3 Å². The number of nitrogens with one attached hydrogen (secondary N) is 2. The molecule has 1 saturated heterocycles. The van der Waals surface area contributed by atoms with E-state index >= 15 is 0 Å². The first-order chi connectivity index (χ1) is 13.0. The minimum Gasteiger partial charge on any atom is -0.340 e. The maximum Gasteiger partial charge on any atom is 0.258 e. The van der Waals surface area contributed by atoms with E-state index in [9.17, 15) is 14.0 Å². The second-order valence-electron chi connectivity index (χ2n) is 6.93. The van der Waals surface area contributed by atoms with E-state index in [1.165, 1.54) is 12.1 Å². The number of hydrogen-bond acceptors (Lipinski definition) is 5. The molecule has 7 nitrogen and oxygen atoms in total. The third-order valence-electron chi connectivity index (χ3n) is 5.31. The SMILES string of the molecule is CCN1CCN(c2nc3c(c(=O)[nH]2)[C@H](c2cccc(F)c2)CC(=O)N3)CC1. The van der Waals surface area contributed by atoms with Crippen LogP contribution >= 0.6 is 0 Å². The predicted octanol–water partition coefficient (Wildman–Crippen LogP) is 1.52. The molecule has 1 amide bonds. The summed E-state index contributed by atoms with van der Waals surface area (Å²) in [6.07, 6.45) is 0.0930. The van der Waals surface area contributed by atoms with E-state index in [-0.39, 0.29) is 23.7 Å². The van der Waals surface area contributed by atoms with Crippen LogP contribution in [0.15, 0.2) is 29.1 Å². The molecule has 2 aliphatic heterocycles. The number of amides is 1. The molecule has 1 fully saturated rings. The summed E-state index contributed by atoms with van der Waals surface area (Å²) in [6, 6.07) is 6.02. The molecule has 0 radical (unpaired) electrons. The highest BCUT2D eigenvalue weighted by Gasteiger charge is 2.32. The van der Waals surface area contributed by atoms with E-state index in [2.05, 4.69) is 27.1 Å². The van der Waals surface area contributed by atoms with Crippen molar-refractivity contribution in [3.05, 3.63) is 51.6 Å². The van der Waals surface area contributed by atoms with Gasteiger partial charge in [0.15, 0.2) is 0 Å². The van der Waals surface area contributed by atoms with Gasteiger partial charge in [0.2, 0.25) is 11.9 Å². The monoisotopic (exact) mass is 371 g/mol. The third-order valence-corrected chi connectivity index (χ3v) is 5.31. The van der Waals surface area contributed by atoms with E-state index in [0.717, 1.165) is 32.7 Å².